The van der Waals surface area contributed by atoms with Gasteiger partial charge in [-0.05, 0) is 43.4 Å². The molecule has 1 aromatic rings. The average Bonchev–Trinajstić information content (AvgIpc) is 2.16. The number of unbranched alkanes of at least 4 members (excludes halogenated alkanes) is 1. The van der Waals surface area contributed by atoms with Gasteiger partial charge in [0.15, 0.2) is 0 Å². The molecule has 0 aliphatic rings. The molecule has 0 saturated heterocycles. The molecule has 0 radical (unpaired) electrons. The maximum Gasteiger partial charge on any atom is 0.249 e. The van der Waals surface area contributed by atoms with Gasteiger partial charge in [0.05, 0.1) is 0 Å². The first-order chi connectivity index (χ1) is 7.07. The molecule has 0 heterocycles. The Morgan fingerprint density at radius 3 is 2.53 bits per heavy atom. The summed E-state index contributed by atoms with van der Waals surface area (Å²) in [6.45, 7) is 6.08. The van der Waals surface area contributed by atoms with Gasteiger partial charge < -0.3 is 5.73 Å². The summed E-state index contributed by atoms with van der Waals surface area (Å²) in [5.41, 5.74) is 9.34. The number of aryl methyl sites for hydroxylation is 2. The van der Waals surface area contributed by atoms with Crippen molar-refractivity contribution in [1.29, 1.82) is 0 Å². The largest absolute Gasteiger partial charge is 0.366 e. The van der Waals surface area contributed by atoms with Gasteiger partial charge in [-0.2, -0.15) is 0 Å². The third-order valence-corrected chi connectivity index (χ3v) is 2.83. The van der Waals surface area contributed by atoms with E-state index in [-0.39, 0.29) is 5.91 Å². The van der Waals surface area contributed by atoms with E-state index in [1.807, 2.05) is 19.9 Å². The van der Waals surface area contributed by atoms with Gasteiger partial charge in [0.2, 0.25) is 5.91 Å². The second-order valence-corrected chi connectivity index (χ2v) is 4.01. The molecule has 0 unspecified atom stereocenters. The molecule has 1 amide bonds. The van der Waals surface area contributed by atoms with Gasteiger partial charge in [-0.3, -0.25) is 4.79 Å². The fourth-order valence-electron chi connectivity index (χ4n) is 1.91. The number of nitrogens with two attached hydrogens (primary N) is 1. The normalized spacial score (nSPS) is 10.3. The van der Waals surface area contributed by atoms with Crippen LogP contribution in [0.5, 0.6) is 0 Å². The zero-order valence-corrected chi connectivity index (χ0v) is 9.76. The summed E-state index contributed by atoms with van der Waals surface area (Å²) in [6, 6.07) is 4.09. The van der Waals surface area contributed by atoms with Gasteiger partial charge in [-0.15, -0.1) is 0 Å². The van der Waals surface area contributed by atoms with E-state index in [4.69, 9.17) is 5.73 Å². The molecule has 1 aromatic carbocycles. The summed E-state index contributed by atoms with van der Waals surface area (Å²) in [6.07, 6.45) is 3.35. The van der Waals surface area contributed by atoms with Gasteiger partial charge in [0.1, 0.15) is 0 Å². The van der Waals surface area contributed by atoms with E-state index in [0.717, 1.165) is 24.0 Å². The van der Waals surface area contributed by atoms with Crippen molar-refractivity contribution in [3.05, 3.63) is 34.4 Å². The first-order valence-corrected chi connectivity index (χ1v) is 5.46. The first kappa shape index (κ1) is 11.8. The predicted octanol–water partition coefficient (Wildman–Crippen LogP) is 2.74. The van der Waals surface area contributed by atoms with Crippen LogP contribution in [0.2, 0.25) is 0 Å². The Kier molecular flexibility index (Phi) is 3.89. The number of amides is 1. The monoisotopic (exact) mass is 205 g/mol. The highest BCUT2D eigenvalue weighted by molar-refractivity contribution is 5.96. The lowest BCUT2D eigenvalue weighted by molar-refractivity contribution is 0.0999. The Bertz CT molecular complexity index is 369. The van der Waals surface area contributed by atoms with E-state index in [2.05, 4.69) is 13.0 Å². The average molecular weight is 205 g/mol. The SMILES string of the molecule is CCCCc1ccc(C)c(C(N)=O)c1C. The number of benzene rings is 1. The van der Waals surface area contributed by atoms with Crippen LogP contribution in [0.15, 0.2) is 12.1 Å². The molecule has 0 aliphatic carbocycles. The minimum absolute atomic E-state index is 0.316. The topological polar surface area (TPSA) is 43.1 Å². The van der Waals surface area contributed by atoms with E-state index in [9.17, 15) is 4.79 Å². The standard InChI is InChI=1S/C13H19NO/c1-4-5-6-11-8-7-9(2)12(10(11)3)13(14)15/h7-8H,4-6H2,1-3H3,(H2,14,15). The van der Waals surface area contributed by atoms with E-state index in [1.54, 1.807) is 0 Å². The number of rotatable bonds is 4. The van der Waals surface area contributed by atoms with Gasteiger partial charge in [0, 0.05) is 5.56 Å². The molecule has 0 spiro atoms. The molecule has 0 saturated carbocycles. The van der Waals surface area contributed by atoms with Crippen LogP contribution in [0, 0.1) is 13.8 Å². The summed E-state index contributed by atoms with van der Waals surface area (Å²) in [7, 11) is 0. The smallest absolute Gasteiger partial charge is 0.249 e. The fraction of sp³-hybridized carbons (Fsp3) is 0.462. The molecule has 0 atom stereocenters. The van der Waals surface area contributed by atoms with Crippen LogP contribution < -0.4 is 5.73 Å². The summed E-state index contributed by atoms with van der Waals surface area (Å²) in [5.74, 6) is -0.316. The second-order valence-electron chi connectivity index (χ2n) is 4.01. The van der Waals surface area contributed by atoms with Gasteiger partial charge >= 0.3 is 0 Å². The highest BCUT2D eigenvalue weighted by Gasteiger charge is 2.11. The van der Waals surface area contributed by atoms with Crippen LogP contribution in [0.1, 0.15) is 46.8 Å². The van der Waals surface area contributed by atoms with E-state index >= 15 is 0 Å². The van der Waals surface area contributed by atoms with Crippen LogP contribution in [-0.2, 0) is 6.42 Å². The van der Waals surface area contributed by atoms with E-state index < -0.39 is 0 Å². The minimum atomic E-state index is -0.316. The number of carbonyl (C=O) groups excluding carboxylic acids is 1. The van der Waals surface area contributed by atoms with Crippen LogP contribution in [0.3, 0.4) is 0 Å². The maximum atomic E-state index is 11.3. The van der Waals surface area contributed by atoms with Crippen molar-refractivity contribution in [2.75, 3.05) is 0 Å². The van der Waals surface area contributed by atoms with Gasteiger partial charge in [0.25, 0.3) is 0 Å². The molecule has 2 N–H and O–H groups in total. The molecular weight excluding hydrogens is 186 g/mol. The van der Waals surface area contributed by atoms with Crippen LogP contribution in [-0.4, -0.2) is 5.91 Å². The summed E-state index contributed by atoms with van der Waals surface area (Å²) in [4.78, 5) is 11.3. The number of hydrogen-bond acceptors (Lipinski definition) is 1. The lowest BCUT2D eigenvalue weighted by Crippen LogP contribution is -2.15. The van der Waals surface area contributed by atoms with E-state index in [0.29, 0.717) is 5.56 Å². The Morgan fingerprint density at radius 1 is 1.33 bits per heavy atom. The van der Waals surface area contributed by atoms with Crippen molar-refractivity contribution in [2.45, 2.75) is 40.0 Å². The van der Waals surface area contributed by atoms with E-state index in [1.165, 1.54) is 12.0 Å². The molecular formula is C13H19NO. The molecule has 82 valence electrons. The minimum Gasteiger partial charge on any atom is -0.366 e. The molecule has 15 heavy (non-hydrogen) atoms. The summed E-state index contributed by atoms with van der Waals surface area (Å²) in [5, 5.41) is 0. The Labute approximate surface area is 91.5 Å². The number of primary amides is 1. The number of carbonyl (C=O) groups is 1. The molecule has 2 heteroatoms. The van der Waals surface area contributed by atoms with Crippen molar-refractivity contribution in [2.24, 2.45) is 5.73 Å². The van der Waals surface area contributed by atoms with Crippen molar-refractivity contribution in [3.8, 4) is 0 Å². The predicted molar refractivity (Wildman–Crippen MR) is 63.0 cm³/mol. The fourth-order valence-corrected chi connectivity index (χ4v) is 1.91. The lowest BCUT2D eigenvalue weighted by Gasteiger charge is -2.11. The highest BCUT2D eigenvalue weighted by Crippen LogP contribution is 2.19. The second kappa shape index (κ2) is 4.96. The first-order valence-electron chi connectivity index (χ1n) is 5.46. The molecule has 0 fully saturated rings. The van der Waals surface area contributed by atoms with Crippen molar-refractivity contribution >= 4 is 5.91 Å². The molecule has 1 rings (SSSR count). The van der Waals surface area contributed by atoms with Crippen molar-refractivity contribution in [3.63, 3.8) is 0 Å². The van der Waals surface area contributed by atoms with Crippen molar-refractivity contribution in [1.82, 2.24) is 0 Å². The molecule has 0 bridgehead atoms. The Hall–Kier alpha value is -1.31. The van der Waals surface area contributed by atoms with Gasteiger partial charge in [-0.25, -0.2) is 0 Å². The Morgan fingerprint density at radius 2 is 2.00 bits per heavy atom. The maximum absolute atomic E-state index is 11.3. The summed E-state index contributed by atoms with van der Waals surface area (Å²) >= 11 is 0. The zero-order chi connectivity index (χ0) is 11.4. The zero-order valence-electron chi connectivity index (χ0n) is 9.76. The van der Waals surface area contributed by atoms with Gasteiger partial charge in [-0.1, -0.05) is 25.5 Å². The number of hydrogen-bond donors (Lipinski definition) is 1. The van der Waals surface area contributed by atoms with Crippen LogP contribution in [0.4, 0.5) is 0 Å². The summed E-state index contributed by atoms with van der Waals surface area (Å²) < 4.78 is 0. The molecule has 2 nitrogen and oxygen atoms in total. The Balaban J connectivity index is 3.11. The van der Waals surface area contributed by atoms with Crippen molar-refractivity contribution < 1.29 is 4.79 Å². The quantitative estimate of drug-likeness (QED) is 0.807. The third kappa shape index (κ3) is 2.58. The molecule has 0 aliphatic heterocycles. The highest BCUT2D eigenvalue weighted by atomic mass is 16.1. The molecule has 0 aromatic heterocycles. The van der Waals surface area contributed by atoms with Crippen LogP contribution in [0.25, 0.3) is 0 Å². The van der Waals surface area contributed by atoms with Crippen LogP contribution >= 0.6 is 0 Å². The third-order valence-electron chi connectivity index (χ3n) is 2.83. The lowest BCUT2D eigenvalue weighted by atomic mass is 9.94.